The van der Waals surface area contributed by atoms with Crippen LogP contribution in [0.25, 0.3) is 0 Å². The number of piperidine rings is 1. The van der Waals surface area contributed by atoms with Crippen molar-refractivity contribution in [3.05, 3.63) is 0 Å². The Morgan fingerprint density at radius 3 is 3.00 bits per heavy atom. The zero-order valence-corrected chi connectivity index (χ0v) is 6.79. The molecule has 1 aliphatic heterocycles. The number of hydrogen-bond donors (Lipinski definition) is 1. The largest absolute Gasteiger partial charge is 0.481 e. The summed E-state index contributed by atoms with van der Waals surface area (Å²) in [4.78, 5) is 12.6. The van der Waals surface area contributed by atoms with Crippen LogP contribution in [0.15, 0.2) is 0 Å². The molecular formula is C7H13BNO2. The lowest BCUT2D eigenvalue weighted by Gasteiger charge is -2.29. The highest BCUT2D eigenvalue weighted by Gasteiger charge is 2.23. The molecule has 0 saturated carbocycles. The summed E-state index contributed by atoms with van der Waals surface area (Å²) in [5, 5.41) is 8.71. The van der Waals surface area contributed by atoms with Gasteiger partial charge in [0, 0.05) is 6.54 Å². The molecule has 1 unspecified atom stereocenters. The molecule has 0 amide bonds. The molecular weight excluding hydrogens is 141 g/mol. The molecule has 0 aromatic heterocycles. The van der Waals surface area contributed by atoms with Crippen molar-refractivity contribution in [2.75, 3.05) is 13.1 Å². The Labute approximate surface area is 67.6 Å². The molecule has 0 aromatic rings. The summed E-state index contributed by atoms with van der Waals surface area (Å²) in [5.41, 5.74) is 0. The number of carboxylic acid groups (broad SMARTS) is 1. The minimum Gasteiger partial charge on any atom is -0.481 e. The van der Waals surface area contributed by atoms with Crippen LogP contribution >= 0.6 is 0 Å². The lowest BCUT2D eigenvalue weighted by molar-refractivity contribution is -0.142. The quantitative estimate of drug-likeness (QED) is 0.587. The van der Waals surface area contributed by atoms with E-state index in [1.165, 1.54) is 0 Å². The molecule has 1 atom stereocenters. The van der Waals surface area contributed by atoms with Gasteiger partial charge in [0.05, 0.1) is 5.92 Å². The van der Waals surface area contributed by atoms with Gasteiger partial charge in [-0.1, -0.05) is 6.82 Å². The fraction of sp³-hybridized carbons (Fsp3) is 0.857. The Kier molecular flexibility index (Phi) is 2.94. The third kappa shape index (κ3) is 2.22. The van der Waals surface area contributed by atoms with Crippen molar-refractivity contribution in [1.82, 2.24) is 4.81 Å². The summed E-state index contributed by atoms with van der Waals surface area (Å²) in [6, 6.07) is 0. The standard InChI is InChI=1S/C7H13BNO2/c1-8-9-4-2-3-6(5-9)7(10)11/h6H,2-5H2,1H3,(H,10,11). The number of carboxylic acids is 1. The maximum atomic E-state index is 10.6. The lowest BCUT2D eigenvalue weighted by atomic mass is 9.88. The van der Waals surface area contributed by atoms with Gasteiger partial charge in [-0.25, -0.2) is 0 Å². The van der Waals surface area contributed by atoms with E-state index in [9.17, 15) is 4.79 Å². The van der Waals surface area contributed by atoms with Gasteiger partial charge in [0.2, 0.25) is 7.41 Å². The van der Waals surface area contributed by atoms with Crippen molar-refractivity contribution in [2.45, 2.75) is 19.7 Å². The molecule has 1 radical (unpaired) electrons. The van der Waals surface area contributed by atoms with E-state index in [2.05, 4.69) is 4.81 Å². The van der Waals surface area contributed by atoms with Gasteiger partial charge < -0.3 is 9.92 Å². The molecule has 1 fully saturated rings. The second-order valence-corrected chi connectivity index (χ2v) is 2.93. The van der Waals surface area contributed by atoms with Crippen LogP contribution in [-0.2, 0) is 4.79 Å². The van der Waals surface area contributed by atoms with Crippen molar-refractivity contribution in [2.24, 2.45) is 5.92 Å². The Balaban J connectivity index is 2.39. The first-order chi connectivity index (χ1) is 5.24. The second kappa shape index (κ2) is 3.76. The van der Waals surface area contributed by atoms with Crippen molar-refractivity contribution in [1.29, 1.82) is 0 Å². The van der Waals surface area contributed by atoms with Gasteiger partial charge in [-0.2, -0.15) is 0 Å². The molecule has 0 spiro atoms. The highest BCUT2D eigenvalue weighted by molar-refractivity contribution is 6.29. The molecule has 61 valence electrons. The minimum absolute atomic E-state index is 0.153. The van der Waals surface area contributed by atoms with Crippen LogP contribution in [0.3, 0.4) is 0 Å². The monoisotopic (exact) mass is 154 g/mol. The van der Waals surface area contributed by atoms with Crippen LogP contribution in [0.1, 0.15) is 12.8 Å². The number of nitrogens with zero attached hydrogens (tertiary/aromatic N) is 1. The highest BCUT2D eigenvalue weighted by atomic mass is 16.4. The average molecular weight is 154 g/mol. The van der Waals surface area contributed by atoms with Gasteiger partial charge in [-0.3, -0.25) is 4.79 Å². The van der Waals surface area contributed by atoms with E-state index < -0.39 is 5.97 Å². The van der Waals surface area contributed by atoms with Crippen molar-refractivity contribution < 1.29 is 9.90 Å². The van der Waals surface area contributed by atoms with Gasteiger partial charge in [-0.05, 0) is 19.4 Å². The highest BCUT2D eigenvalue weighted by Crippen LogP contribution is 2.15. The summed E-state index contributed by atoms with van der Waals surface area (Å²) < 4.78 is 0. The van der Waals surface area contributed by atoms with E-state index in [4.69, 9.17) is 5.11 Å². The van der Waals surface area contributed by atoms with E-state index >= 15 is 0 Å². The van der Waals surface area contributed by atoms with E-state index in [-0.39, 0.29) is 5.92 Å². The molecule has 1 aliphatic rings. The first-order valence-electron chi connectivity index (χ1n) is 4.00. The molecule has 11 heavy (non-hydrogen) atoms. The van der Waals surface area contributed by atoms with Gasteiger partial charge in [0.1, 0.15) is 0 Å². The predicted molar refractivity (Wildman–Crippen MR) is 43.6 cm³/mol. The molecule has 0 bridgehead atoms. The Morgan fingerprint density at radius 1 is 1.73 bits per heavy atom. The predicted octanol–water partition coefficient (Wildman–Crippen LogP) is 0.450. The molecule has 0 aliphatic carbocycles. The molecule has 4 heteroatoms. The van der Waals surface area contributed by atoms with Crippen molar-refractivity contribution >= 4 is 13.4 Å². The first kappa shape index (κ1) is 8.59. The molecule has 1 rings (SSSR count). The number of aliphatic carboxylic acids is 1. The lowest BCUT2D eigenvalue weighted by Crippen LogP contribution is -2.39. The van der Waals surface area contributed by atoms with Gasteiger partial charge in [0.25, 0.3) is 0 Å². The second-order valence-electron chi connectivity index (χ2n) is 2.93. The molecule has 1 heterocycles. The smallest absolute Gasteiger partial charge is 0.307 e. The summed E-state index contributed by atoms with van der Waals surface area (Å²) in [6.45, 7) is 3.65. The van der Waals surface area contributed by atoms with Gasteiger partial charge in [0.15, 0.2) is 0 Å². The Hall–Kier alpha value is -0.505. The van der Waals surface area contributed by atoms with E-state index in [1.54, 1.807) is 0 Å². The zero-order chi connectivity index (χ0) is 8.27. The van der Waals surface area contributed by atoms with Crippen molar-refractivity contribution in [3.8, 4) is 0 Å². The van der Waals surface area contributed by atoms with Gasteiger partial charge >= 0.3 is 5.97 Å². The third-order valence-electron chi connectivity index (χ3n) is 2.17. The number of carbonyl (C=O) groups is 1. The maximum Gasteiger partial charge on any atom is 0.307 e. The molecule has 1 saturated heterocycles. The Morgan fingerprint density at radius 2 is 2.45 bits per heavy atom. The van der Waals surface area contributed by atoms with Crippen LogP contribution in [0, 0.1) is 5.92 Å². The number of rotatable bonds is 2. The molecule has 0 aromatic carbocycles. The fourth-order valence-electron chi connectivity index (χ4n) is 1.44. The van der Waals surface area contributed by atoms with Crippen LogP contribution in [0.5, 0.6) is 0 Å². The first-order valence-corrected chi connectivity index (χ1v) is 4.00. The van der Waals surface area contributed by atoms with Crippen LogP contribution < -0.4 is 0 Å². The number of hydrogen-bond acceptors (Lipinski definition) is 2. The average Bonchev–Trinajstić information content (AvgIpc) is 2.05. The van der Waals surface area contributed by atoms with E-state index in [1.807, 2.05) is 14.2 Å². The molecule has 1 N–H and O–H groups in total. The Bertz CT molecular complexity index is 151. The molecule has 3 nitrogen and oxygen atoms in total. The SMILES string of the molecule is C[B]N1CCCC(C(=O)O)C1. The van der Waals surface area contributed by atoms with Crippen molar-refractivity contribution in [3.63, 3.8) is 0 Å². The van der Waals surface area contributed by atoms with Gasteiger partial charge in [-0.15, -0.1) is 0 Å². The summed E-state index contributed by atoms with van der Waals surface area (Å²) in [6.07, 6.45) is 1.83. The minimum atomic E-state index is -0.656. The topological polar surface area (TPSA) is 40.5 Å². The fourth-order valence-corrected chi connectivity index (χ4v) is 1.44. The zero-order valence-electron chi connectivity index (χ0n) is 6.79. The third-order valence-corrected chi connectivity index (χ3v) is 2.17. The summed E-state index contributed by atoms with van der Waals surface area (Å²) >= 11 is 0. The normalized spacial score (nSPS) is 26.5. The van der Waals surface area contributed by atoms with Crippen LogP contribution in [0.4, 0.5) is 0 Å². The maximum absolute atomic E-state index is 10.6. The van der Waals surface area contributed by atoms with E-state index in [0.29, 0.717) is 6.54 Å². The summed E-state index contributed by atoms with van der Waals surface area (Å²) in [7, 11) is 1.97. The van der Waals surface area contributed by atoms with Crippen LogP contribution in [-0.4, -0.2) is 36.4 Å². The summed E-state index contributed by atoms with van der Waals surface area (Å²) in [5.74, 6) is -0.809. The van der Waals surface area contributed by atoms with E-state index in [0.717, 1.165) is 19.4 Å². The van der Waals surface area contributed by atoms with Crippen LogP contribution in [0.2, 0.25) is 6.82 Å².